The molecule has 0 atom stereocenters. The Bertz CT molecular complexity index is 708. The van der Waals surface area contributed by atoms with Gasteiger partial charge in [-0.15, -0.1) is 0 Å². The van der Waals surface area contributed by atoms with Crippen LogP contribution >= 0.6 is 0 Å². The van der Waals surface area contributed by atoms with Crippen molar-refractivity contribution in [3.05, 3.63) is 65.2 Å². The maximum atomic E-state index is 11.7. The van der Waals surface area contributed by atoms with Gasteiger partial charge in [0.05, 0.1) is 18.2 Å². The van der Waals surface area contributed by atoms with Gasteiger partial charge in [-0.05, 0) is 35.4 Å². The summed E-state index contributed by atoms with van der Waals surface area (Å²) >= 11 is 0. The maximum absolute atomic E-state index is 11.7. The number of phenolic OH excluding ortho intramolecular Hbond substituents is 1. The van der Waals surface area contributed by atoms with Gasteiger partial charge in [0.15, 0.2) is 0 Å². The van der Waals surface area contributed by atoms with Crippen LogP contribution in [0.4, 0.5) is 0 Å². The van der Waals surface area contributed by atoms with E-state index >= 15 is 0 Å². The lowest BCUT2D eigenvalue weighted by Crippen LogP contribution is -2.19. The minimum absolute atomic E-state index is 0.101. The fraction of sp³-hybridized carbons (Fsp3) is 0.0625. The van der Waals surface area contributed by atoms with Gasteiger partial charge in [0, 0.05) is 0 Å². The summed E-state index contributed by atoms with van der Waals surface area (Å²) in [6.07, 6.45) is 1.52. The third kappa shape index (κ3) is 4.45. The summed E-state index contributed by atoms with van der Waals surface area (Å²) in [5.41, 5.74) is 3.90. The summed E-state index contributed by atoms with van der Waals surface area (Å²) in [7, 11) is 0. The molecule has 0 fully saturated rings. The van der Waals surface area contributed by atoms with E-state index in [1.807, 2.05) is 0 Å². The molecule has 6 heteroatoms. The fourth-order valence-corrected chi connectivity index (χ4v) is 1.78. The quantitative estimate of drug-likeness (QED) is 0.579. The number of carboxylic acid groups (broad SMARTS) is 1. The number of hydrogen-bond acceptors (Lipinski definition) is 4. The second-order valence-corrected chi connectivity index (χ2v) is 4.57. The molecule has 6 nitrogen and oxygen atoms in total. The third-order valence-corrected chi connectivity index (χ3v) is 2.84. The number of hydrazone groups is 1. The smallest absolute Gasteiger partial charge is 0.335 e. The van der Waals surface area contributed by atoms with Crippen molar-refractivity contribution in [1.82, 2.24) is 5.43 Å². The van der Waals surface area contributed by atoms with Crippen LogP contribution in [0.2, 0.25) is 0 Å². The monoisotopic (exact) mass is 298 g/mol. The number of nitrogens with one attached hydrogen (secondary N) is 1. The topological polar surface area (TPSA) is 99.0 Å². The number of nitrogens with zero attached hydrogens (tertiary/aromatic N) is 1. The SMILES string of the molecule is O=C(Cc1cccc(O)c1)N/N=C/c1ccc(C(=O)O)cc1. The summed E-state index contributed by atoms with van der Waals surface area (Å²) in [4.78, 5) is 22.4. The molecular weight excluding hydrogens is 284 g/mol. The van der Waals surface area contributed by atoms with Gasteiger partial charge in [0.25, 0.3) is 0 Å². The van der Waals surface area contributed by atoms with Crippen molar-refractivity contribution in [2.75, 3.05) is 0 Å². The van der Waals surface area contributed by atoms with Crippen molar-refractivity contribution in [1.29, 1.82) is 0 Å². The Balaban J connectivity index is 1.89. The number of aromatic carboxylic acids is 1. The highest BCUT2D eigenvalue weighted by molar-refractivity contribution is 5.89. The lowest BCUT2D eigenvalue weighted by Gasteiger charge is -2.01. The van der Waals surface area contributed by atoms with Crippen LogP contribution in [-0.4, -0.2) is 28.3 Å². The zero-order valence-electron chi connectivity index (χ0n) is 11.6. The van der Waals surface area contributed by atoms with E-state index in [9.17, 15) is 14.7 Å². The Morgan fingerprint density at radius 2 is 1.86 bits per heavy atom. The highest BCUT2D eigenvalue weighted by atomic mass is 16.4. The van der Waals surface area contributed by atoms with Gasteiger partial charge in [-0.25, -0.2) is 10.2 Å². The number of phenols is 1. The van der Waals surface area contributed by atoms with Crippen LogP contribution in [0.3, 0.4) is 0 Å². The summed E-state index contributed by atoms with van der Waals surface area (Å²) < 4.78 is 0. The molecule has 0 aliphatic rings. The van der Waals surface area contributed by atoms with Crippen LogP contribution in [0, 0.1) is 0 Å². The summed E-state index contributed by atoms with van der Waals surface area (Å²) in [6, 6.07) is 12.5. The number of carbonyl (C=O) groups is 2. The first kappa shape index (κ1) is 15.2. The van der Waals surface area contributed by atoms with E-state index in [0.717, 1.165) is 0 Å². The van der Waals surface area contributed by atoms with Crippen molar-refractivity contribution in [3.8, 4) is 5.75 Å². The van der Waals surface area contributed by atoms with Gasteiger partial charge in [-0.1, -0.05) is 24.3 Å². The average molecular weight is 298 g/mol. The molecule has 0 saturated heterocycles. The first-order valence-corrected chi connectivity index (χ1v) is 6.48. The van der Waals surface area contributed by atoms with Gasteiger partial charge in [0.2, 0.25) is 5.91 Å². The predicted octanol–water partition coefficient (Wildman–Crippen LogP) is 1.78. The van der Waals surface area contributed by atoms with Crippen LogP contribution in [0.25, 0.3) is 0 Å². The minimum atomic E-state index is -0.997. The molecule has 0 unspecified atom stereocenters. The standard InChI is InChI=1S/C16H14N2O4/c19-14-3-1-2-12(8-14)9-15(20)18-17-10-11-4-6-13(7-5-11)16(21)22/h1-8,10,19H,9H2,(H,18,20)(H,21,22)/b17-10+. The van der Waals surface area contributed by atoms with E-state index in [4.69, 9.17) is 5.11 Å². The fourth-order valence-electron chi connectivity index (χ4n) is 1.78. The van der Waals surface area contributed by atoms with Crippen LogP contribution in [-0.2, 0) is 11.2 Å². The van der Waals surface area contributed by atoms with Crippen LogP contribution in [0.5, 0.6) is 5.75 Å². The number of rotatable bonds is 5. The van der Waals surface area contributed by atoms with Gasteiger partial charge in [0.1, 0.15) is 5.75 Å². The molecule has 0 heterocycles. The van der Waals surface area contributed by atoms with E-state index in [0.29, 0.717) is 11.1 Å². The van der Waals surface area contributed by atoms with Gasteiger partial charge >= 0.3 is 5.97 Å². The molecule has 0 bridgehead atoms. The van der Waals surface area contributed by atoms with Crippen LogP contribution < -0.4 is 5.43 Å². The third-order valence-electron chi connectivity index (χ3n) is 2.84. The van der Waals surface area contributed by atoms with Crippen molar-refractivity contribution < 1.29 is 19.8 Å². The molecule has 0 radical (unpaired) electrons. The number of carbonyl (C=O) groups excluding carboxylic acids is 1. The zero-order chi connectivity index (χ0) is 15.9. The van der Waals surface area contributed by atoms with E-state index in [1.165, 1.54) is 30.5 Å². The lowest BCUT2D eigenvalue weighted by molar-refractivity contribution is -0.120. The normalized spacial score (nSPS) is 10.5. The highest BCUT2D eigenvalue weighted by Crippen LogP contribution is 2.11. The molecule has 2 aromatic carbocycles. The Morgan fingerprint density at radius 1 is 1.14 bits per heavy atom. The Hall–Kier alpha value is -3.15. The molecular formula is C16H14N2O4. The first-order chi connectivity index (χ1) is 10.5. The lowest BCUT2D eigenvalue weighted by atomic mass is 10.1. The number of benzene rings is 2. The predicted molar refractivity (Wildman–Crippen MR) is 80.9 cm³/mol. The van der Waals surface area contributed by atoms with E-state index < -0.39 is 5.97 Å². The first-order valence-electron chi connectivity index (χ1n) is 6.48. The van der Waals surface area contributed by atoms with E-state index in [1.54, 1.807) is 24.3 Å². The van der Waals surface area contributed by atoms with Crippen LogP contribution in [0.1, 0.15) is 21.5 Å². The second kappa shape index (κ2) is 7.03. The molecule has 0 spiro atoms. The van der Waals surface area contributed by atoms with Crippen molar-refractivity contribution >= 4 is 18.1 Å². The Morgan fingerprint density at radius 3 is 2.50 bits per heavy atom. The Labute approximate surface area is 126 Å². The van der Waals surface area contributed by atoms with Crippen molar-refractivity contribution in [2.45, 2.75) is 6.42 Å². The molecule has 22 heavy (non-hydrogen) atoms. The van der Waals surface area contributed by atoms with Crippen LogP contribution in [0.15, 0.2) is 53.6 Å². The largest absolute Gasteiger partial charge is 0.508 e. The molecule has 0 saturated carbocycles. The molecule has 3 N–H and O–H groups in total. The number of carboxylic acids is 1. The van der Waals surface area contributed by atoms with Gasteiger partial charge in [-0.2, -0.15) is 5.10 Å². The number of aromatic hydroxyl groups is 1. The van der Waals surface area contributed by atoms with Crippen molar-refractivity contribution in [3.63, 3.8) is 0 Å². The molecule has 0 aliphatic carbocycles. The summed E-state index contributed by atoms with van der Waals surface area (Å²) in [5.74, 6) is -1.21. The number of hydrogen-bond donors (Lipinski definition) is 3. The molecule has 0 aliphatic heterocycles. The minimum Gasteiger partial charge on any atom is -0.508 e. The van der Waals surface area contributed by atoms with Gasteiger partial charge < -0.3 is 10.2 Å². The maximum Gasteiger partial charge on any atom is 0.335 e. The molecule has 0 aromatic heterocycles. The number of amides is 1. The molecule has 2 aromatic rings. The van der Waals surface area contributed by atoms with Crippen molar-refractivity contribution in [2.24, 2.45) is 5.10 Å². The average Bonchev–Trinajstić information content (AvgIpc) is 2.47. The van der Waals surface area contributed by atoms with Gasteiger partial charge in [-0.3, -0.25) is 4.79 Å². The Kier molecular flexibility index (Phi) is 4.87. The zero-order valence-corrected chi connectivity index (χ0v) is 11.6. The molecule has 2 rings (SSSR count). The summed E-state index contributed by atoms with van der Waals surface area (Å²) in [6.45, 7) is 0. The highest BCUT2D eigenvalue weighted by Gasteiger charge is 2.03. The van der Waals surface area contributed by atoms with E-state index in [-0.39, 0.29) is 23.6 Å². The van der Waals surface area contributed by atoms with E-state index in [2.05, 4.69) is 10.5 Å². The molecule has 1 amide bonds. The molecule has 112 valence electrons. The second-order valence-electron chi connectivity index (χ2n) is 4.57. The summed E-state index contributed by atoms with van der Waals surface area (Å²) in [5, 5.41) is 21.9.